The molecule has 1 atom stereocenters. The normalized spacial score (nSPS) is 21.4. The lowest BCUT2D eigenvalue weighted by Gasteiger charge is -2.28. The van der Waals surface area contributed by atoms with Gasteiger partial charge in [-0.2, -0.15) is 4.31 Å². The van der Waals surface area contributed by atoms with Crippen molar-refractivity contribution in [3.63, 3.8) is 0 Å². The van der Waals surface area contributed by atoms with E-state index in [1.165, 1.54) is 12.1 Å². The summed E-state index contributed by atoms with van der Waals surface area (Å²) in [5, 5.41) is 11.9. The molecule has 1 unspecified atom stereocenters. The second kappa shape index (κ2) is 7.16. The molecule has 0 aromatic heterocycles. The van der Waals surface area contributed by atoms with Crippen LogP contribution >= 0.6 is 15.9 Å². The Hall–Kier alpha value is -1.65. The van der Waals surface area contributed by atoms with Crippen LogP contribution in [0.4, 0.5) is 4.79 Å². The minimum absolute atomic E-state index is 0.0273. The Bertz CT molecular complexity index is 803. The number of carbonyl (C=O) groups excluding carboxylic acids is 1. The van der Waals surface area contributed by atoms with Gasteiger partial charge in [-0.05, 0) is 51.5 Å². The largest absolute Gasteiger partial charge is 0.479 e. The lowest BCUT2D eigenvalue weighted by Crippen LogP contribution is -2.57. The van der Waals surface area contributed by atoms with Crippen LogP contribution in [0.15, 0.2) is 33.6 Å². The first-order valence-electron chi connectivity index (χ1n) is 7.86. The third kappa shape index (κ3) is 4.54. The molecule has 1 saturated heterocycles. The fraction of sp³-hybridized carbons (Fsp3) is 0.500. The Morgan fingerprint density at radius 3 is 2.35 bits per heavy atom. The van der Waals surface area contributed by atoms with Crippen molar-refractivity contribution in [2.75, 3.05) is 13.1 Å². The number of aliphatic carboxylic acids is 1. The quantitative estimate of drug-likeness (QED) is 0.729. The highest BCUT2D eigenvalue weighted by atomic mass is 79.9. The van der Waals surface area contributed by atoms with Gasteiger partial charge in [-0.1, -0.05) is 15.9 Å². The minimum Gasteiger partial charge on any atom is -0.479 e. The second-order valence-electron chi connectivity index (χ2n) is 7.06. The van der Waals surface area contributed by atoms with Crippen LogP contribution in [0.25, 0.3) is 0 Å². The van der Waals surface area contributed by atoms with Gasteiger partial charge in [-0.3, -0.25) is 0 Å². The highest BCUT2D eigenvalue weighted by Crippen LogP contribution is 2.28. The summed E-state index contributed by atoms with van der Waals surface area (Å²) in [5.41, 5.74) is -2.53. The number of hydrogen-bond donors (Lipinski definition) is 2. The molecule has 1 aliphatic heterocycles. The van der Waals surface area contributed by atoms with Crippen molar-refractivity contribution in [2.24, 2.45) is 0 Å². The van der Waals surface area contributed by atoms with Crippen molar-refractivity contribution in [1.82, 2.24) is 9.62 Å². The molecule has 0 aliphatic carbocycles. The summed E-state index contributed by atoms with van der Waals surface area (Å²) >= 11 is 3.24. The van der Waals surface area contributed by atoms with Crippen LogP contribution in [0.1, 0.15) is 27.2 Å². The zero-order valence-corrected chi connectivity index (χ0v) is 17.1. The number of nitrogens with zero attached hydrogens (tertiary/aromatic N) is 1. The zero-order valence-electron chi connectivity index (χ0n) is 14.7. The predicted molar refractivity (Wildman–Crippen MR) is 97.3 cm³/mol. The first-order chi connectivity index (χ1) is 11.9. The SMILES string of the molecule is CC(C)(C)OC(=O)NC1(C(=O)O)CCN(S(=O)(=O)c2ccc(Br)cc2)C1. The van der Waals surface area contributed by atoms with E-state index in [0.717, 1.165) is 8.78 Å². The number of nitrogens with one attached hydrogen (secondary N) is 1. The Balaban J connectivity index is 2.22. The summed E-state index contributed by atoms with van der Waals surface area (Å²) in [6.07, 6.45) is -0.958. The molecule has 1 amide bonds. The number of ether oxygens (including phenoxy) is 1. The third-order valence-corrected chi connectivity index (χ3v) is 6.22. The van der Waals surface area contributed by atoms with E-state index in [9.17, 15) is 23.1 Å². The summed E-state index contributed by atoms with van der Waals surface area (Å²) in [7, 11) is -3.87. The van der Waals surface area contributed by atoms with Gasteiger partial charge in [0.15, 0.2) is 5.54 Å². The van der Waals surface area contributed by atoms with Crippen molar-refractivity contribution in [3.05, 3.63) is 28.7 Å². The highest BCUT2D eigenvalue weighted by Gasteiger charge is 2.50. The number of sulfonamides is 1. The van der Waals surface area contributed by atoms with Crippen LogP contribution in [0.3, 0.4) is 0 Å². The molecule has 2 N–H and O–H groups in total. The maximum atomic E-state index is 12.7. The monoisotopic (exact) mass is 448 g/mol. The molecule has 26 heavy (non-hydrogen) atoms. The van der Waals surface area contributed by atoms with Crippen molar-refractivity contribution in [2.45, 2.75) is 43.2 Å². The van der Waals surface area contributed by atoms with E-state index in [0.29, 0.717) is 0 Å². The molecule has 1 aromatic rings. The lowest BCUT2D eigenvalue weighted by molar-refractivity contribution is -0.144. The molecule has 8 nitrogen and oxygen atoms in total. The predicted octanol–water partition coefficient (Wildman–Crippen LogP) is 2.19. The van der Waals surface area contributed by atoms with Gasteiger partial charge in [0.1, 0.15) is 5.60 Å². The van der Waals surface area contributed by atoms with Gasteiger partial charge in [-0.25, -0.2) is 18.0 Å². The first-order valence-corrected chi connectivity index (χ1v) is 10.1. The number of carboxylic acid groups (broad SMARTS) is 1. The standard InChI is InChI=1S/C16H21BrN2O6S/c1-15(2,3)25-14(22)18-16(13(20)21)8-9-19(10-16)26(23,24)12-6-4-11(17)5-7-12/h4-7H,8-10H2,1-3H3,(H,18,22)(H,20,21). The van der Waals surface area contributed by atoms with Crippen molar-refractivity contribution < 1.29 is 27.9 Å². The molecule has 0 saturated carbocycles. The minimum atomic E-state index is -3.87. The summed E-state index contributed by atoms with van der Waals surface area (Å²) in [4.78, 5) is 23.9. The summed E-state index contributed by atoms with van der Waals surface area (Å²) in [5.74, 6) is -1.31. The van der Waals surface area contributed by atoms with E-state index in [1.807, 2.05) is 0 Å². The number of alkyl carbamates (subject to hydrolysis) is 1. The molecule has 144 valence electrons. The van der Waals surface area contributed by atoms with E-state index in [2.05, 4.69) is 21.2 Å². The van der Waals surface area contributed by atoms with Crippen LogP contribution in [0.5, 0.6) is 0 Å². The Kier molecular flexibility index (Phi) is 5.69. The van der Waals surface area contributed by atoms with Crippen LogP contribution in [-0.4, -0.2) is 54.1 Å². The Labute approximate surface area is 160 Å². The number of carboxylic acids is 1. The fourth-order valence-corrected chi connectivity index (χ4v) is 4.33. The van der Waals surface area contributed by atoms with Gasteiger partial charge >= 0.3 is 12.1 Å². The molecule has 2 rings (SSSR count). The summed E-state index contributed by atoms with van der Waals surface area (Å²) in [6.45, 7) is 4.55. The van der Waals surface area contributed by atoms with Crippen LogP contribution in [0, 0.1) is 0 Å². The first kappa shape index (κ1) is 20.7. The fourth-order valence-electron chi connectivity index (χ4n) is 2.56. The average Bonchev–Trinajstić information content (AvgIpc) is 2.92. The highest BCUT2D eigenvalue weighted by molar-refractivity contribution is 9.10. The molecule has 1 fully saturated rings. The number of rotatable bonds is 4. The van der Waals surface area contributed by atoms with E-state index >= 15 is 0 Å². The summed E-state index contributed by atoms with van der Waals surface area (Å²) < 4.78 is 32.4. The number of halogens is 1. The smallest absolute Gasteiger partial charge is 0.408 e. The maximum Gasteiger partial charge on any atom is 0.408 e. The third-order valence-electron chi connectivity index (χ3n) is 3.84. The molecule has 10 heteroatoms. The van der Waals surface area contributed by atoms with E-state index in [1.54, 1.807) is 32.9 Å². The average molecular weight is 449 g/mol. The molecule has 1 aliphatic rings. The van der Waals surface area contributed by atoms with Crippen LogP contribution < -0.4 is 5.32 Å². The molecular weight excluding hydrogens is 428 g/mol. The summed E-state index contributed by atoms with van der Waals surface area (Å²) in [6, 6.07) is 6.04. The van der Waals surface area contributed by atoms with Crippen molar-refractivity contribution >= 4 is 38.0 Å². The second-order valence-corrected chi connectivity index (χ2v) is 9.91. The zero-order chi connectivity index (χ0) is 19.8. The number of carbonyl (C=O) groups is 2. The molecule has 0 radical (unpaired) electrons. The van der Waals surface area contributed by atoms with Crippen LogP contribution in [0.2, 0.25) is 0 Å². The molecule has 1 aromatic carbocycles. The Morgan fingerprint density at radius 2 is 1.85 bits per heavy atom. The molecule has 1 heterocycles. The van der Waals surface area contributed by atoms with Crippen molar-refractivity contribution in [1.29, 1.82) is 0 Å². The maximum absolute atomic E-state index is 12.7. The van der Waals surface area contributed by atoms with E-state index < -0.39 is 33.2 Å². The lowest BCUT2D eigenvalue weighted by atomic mass is 9.99. The molecular formula is C16H21BrN2O6S. The van der Waals surface area contributed by atoms with Gasteiger partial charge in [0.05, 0.1) is 4.90 Å². The van der Waals surface area contributed by atoms with Crippen LogP contribution in [-0.2, 0) is 19.6 Å². The van der Waals surface area contributed by atoms with Crippen molar-refractivity contribution in [3.8, 4) is 0 Å². The van der Waals surface area contributed by atoms with Gasteiger partial charge < -0.3 is 15.2 Å². The van der Waals surface area contributed by atoms with E-state index in [-0.39, 0.29) is 24.4 Å². The van der Waals surface area contributed by atoms with E-state index in [4.69, 9.17) is 4.74 Å². The molecule has 0 bridgehead atoms. The Morgan fingerprint density at radius 1 is 1.27 bits per heavy atom. The number of benzene rings is 1. The van der Waals surface area contributed by atoms with Gasteiger partial charge in [0.25, 0.3) is 0 Å². The van der Waals surface area contributed by atoms with Gasteiger partial charge in [0, 0.05) is 17.6 Å². The topological polar surface area (TPSA) is 113 Å². The van der Waals surface area contributed by atoms with Gasteiger partial charge in [-0.15, -0.1) is 0 Å². The number of hydrogen-bond acceptors (Lipinski definition) is 5. The number of amides is 1. The van der Waals surface area contributed by atoms with Gasteiger partial charge in [0.2, 0.25) is 10.0 Å². The molecule has 0 spiro atoms.